The maximum atomic E-state index is 12.0. The van der Waals surface area contributed by atoms with Crippen LogP contribution < -0.4 is 5.32 Å². The molecule has 0 radical (unpaired) electrons. The Morgan fingerprint density at radius 2 is 2.00 bits per heavy atom. The largest absolute Gasteiger partial charge is 0.345 e. The summed E-state index contributed by atoms with van der Waals surface area (Å²) in [4.78, 5) is 12.0. The van der Waals surface area contributed by atoms with Gasteiger partial charge in [0, 0.05) is 11.3 Å². The molecule has 1 amide bonds. The standard InChI is InChI=1S/C12H17NO3S/c1-12(7-8-17(15,16)9-12)13-11(14)10-5-3-2-4-6-10/h2-6,15-16H,7-9H2,1H3,(H,13,14). The molecule has 5 heteroatoms. The Kier molecular flexibility index (Phi) is 3.16. The molecule has 1 unspecified atom stereocenters. The first-order valence-corrected chi connectivity index (χ1v) is 7.40. The summed E-state index contributed by atoms with van der Waals surface area (Å²) in [7, 11) is -2.50. The molecule has 2 rings (SSSR count). The third-order valence-electron chi connectivity index (χ3n) is 2.98. The Labute approximate surface area is 102 Å². The van der Waals surface area contributed by atoms with Gasteiger partial charge in [0.2, 0.25) is 0 Å². The predicted molar refractivity (Wildman–Crippen MR) is 69.5 cm³/mol. The fourth-order valence-electron chi connectivity index (χ4n) is 2.08. The first kappa shape index (κ1) is 12.4. The van der Waals surface area contributed by atoms with Gasteiger partial charge in [0.05, 0.1) is 11.3 Å². The van der Waals surface area contributed by atoms with Crippen LogP contribution in [0.15, 0.2) is 30.3 Å². The molecule has 94 valence electrons. The molecule has 3 N–H and O–H groups in total. The van der Waals surface area contributed by atoms with Gasteiger partial charge in [-0.1, -0.05) is 18.2 Å². The van der Waals surface area contributed by atoms with E-state index in [1.165, 1.54) is 0 Å². The first-order valence-electron chi connectivity index (χ1n) is 5.51. The van der Waals surface area contributed by atoms with E-state index in [-0.39, 0.29) is 11.7 Å². The summed E-state index contributed by atoms with van der Waals surface area (Å²) >= 11 is 0. The van der Waals surface area contributed by atoms with Gasteiger partial charge in [-0.3, -0.25) is 13.9 Å². The molecule has 0 saturated carbocycles. The van der Waals surface area contributed by atoms with E-state index in [9.17, 15) is 13.9 Å². The molecule has 17 heavy (non-hydrogen) atoms. The molecule has 1 aromatic carbocycles. The number of amides is 1. The minimum Gasteiger partial charge on any atom is -0.345 e. The first-order chi connectivity index (χ1) is 7.90. The van der Waals surface area contributed by atoms with Crippen LogP contribution in [0.2, 0.25) is 0 Å². The molecule has 0 aromatic heterocycles. The second kappa shape index (κ2) is 4.33. The summed E-state index contributed by atoms with van der Waals surface area (Å²) in [6, 6.07) is 8.95. The number of benzene rings is 1. The fraction of sp³-hybridized carbons (Fsp3) is 0.417. The molecule has 1 saturated heterocycles. The number of hydrogen-bond donors (Lipinski definition) is 3. The quantitative estimate of drug-likeness (QED) is 0.759. The molecule has 1 fully saturated rings. The van der Waals surface area contributed by atoms with E-state index in [0.29, 0.717) is 17.7 Å². The Morgan fingerprint density at radius 1 is 1.35 bits per heavy atom. The van der Waals surface area contributed by atoms with E-state index in [1.807, 2.05) is 13.0 Å². The second-order valence-corrected chi connectivity index (χ2v) is 7.08. The highest BCUT2D eigenvalue weighted by Crippen LogP contribution is 2.49. The molecule has 4 nitrogen and oxygen atoms in total. The Bertz CT molecular complexity index is 421. The van der Waals surface area contributed by atoms with Gasteiger partial charge in [0.15, 0.2) is 0 Å². The summed E-state index contributed by atoms with van der Waals surface area (Å²) < 4.78 is 19.2. The molecule has 1 aliphatic rings. The van der Waals surface area contributed by atoms with Crippen LogP contribution in [0.25, 0.3) is 0 Å². The average molecular weight is 255 g/mol. The van der Waals surface area contributed by atoms with Crippen LogP contribution in [0.3, 0.4) is 0 Å². The Balaban J connectivity index is 2.05. The van der Waals surface area contributed by atoms with Gasteiger partial charge >= 0.3 is 0 Å². The van der Waals surface area contributed by atoms with Gasteiger partial charge < -0.3 is 5.32 Å². The zero-order chi connectivity index (χ0) is 12.5. The molecular formula is C12H17NO3S. The topological polar surface area (TPSA) is 69.6 Å². The van der Waals surface area contributed by atoms with Crippen LogP contribution in [-0.2, 0) is 0 Å². The van der Waals surface area contributed by atoms with Crippen molar-refractivity contribution in [3.8, 4) is 0 Å². The number of nitrogens with one attached hydrogen (secondary N) is 1. The summed E-state index contributed by atoms with van der Waals surface area (Å²) in [5.41, 5.74) is 0.0864. The van der Waals surface area contributed by atoms with Crippen LogP contribution in [0.5, 0.6) is 0 Å². The van der Waals surface area contributed by atoms with Crippen molar-refractivity contribution in [1.29, 1.82) is 0 Å². The molecule has 1 heterocycles. The SMILES string of the molecule is CC1(NC(=O)c2ccccc2)CCS(O)(O)C1. The van der Waals surface area contributed by atoms with Crippen molar-refractivity contribution in [2.75, 3.05) is 11.5 Å². The minimum atomic E-state index is -2.50. The van der Waals surface area contributed by atoms with Crippen molar-refractivity contribution in [3.05, 3.63) is 35.9 Å². The van der Waals surface area contributed by atoms with Crippen molar-refractivity contribution in [1.82, 2.24) is 5.32 Å². The zero-order valence-corrected chi connectivity index (χ0v) is 10.5. The van der Waals surface area contributed by atoms with E-state index < -0.39 is 16.1 Å². The molecule has 0 spiro atoms. The number of rotatable bonds is 2. The van der Waals surface area contributed by atoms with Crippen molar-refractivity contribution < 1.29 is 13.9 Å². The fourth-order valence-corrected chi connectivity index (χ4v) is 4.24. The zero-order valence-electron chi connectivity index (χ0n) is 9.72. The monoisotopic (exact) mass is 255 g/mol. The van der Waals surface area contributed by atoms with Crippen molar-refractivity contribution in [3.63, 3.8) is 0 Å². The smallest absolute Gasteiger partial charge is 0.251 e. The lowest BCUT2D eigenvalue weighted by molar-refractivity contribution is 0.0915. The van der Waals surface area contributed by atoms with E-state index >= 15 is 0 Å². The van der Waals surface area contributed by atoms with Crippen molar-refractivity contribution in [2.45, 2.75) is 18.9 Å². The van der Waals surface area contributed by atoms with Crippen LogP contribution >= 0.6 is 10.6 Å². The number of carbonyl (C=O) groups is 1. The normalized spacial score (nSPS) is 28.6. The lowest BCUT2D eigenvalue weighted by Crippen LogP contribution is -2.46. The van der Waals surface area contributed by atoms with Gasteiger partial charge in [-0.25, -0.2) is 0 Å². The summed E-state index contributed by atoms with van der Waals surface area (Å²) in [5.74, 6) is 0.460. The lowest BCUT2D eigenvalue weighted by Gasteiger charge is -2.30. The highest BCUT2D eigenvalue weighted by atomic mass is 32.3. The maximum absolute atomic E-state index is 12.0. The van der Waals surface area contributed by atoms with Gasteiger partial charge in [0.25, 0.3) is 5.91 Å². The molecule has 0 bridgehead atoms. The maximum Gasteiger partial charge on any atom is 0.251 e. The van der Waals surface area contributed by atoms with Crippen molar-refractivity contribution >= 4 is 16.5 Å². The van der Waals surface area contributed by atoms with E-state index in [4.69, 9.17) is 0 Å². The van der Waals surface area contributed by atoms with Crippen LogP contribution in [0, 0.1) is 0 Å². The molecule has 1 atom stereocenters. The summed E-state index contributed by atoms with van der Waals surface area (Å²) in [6.07, 6.45) is 0.605. The van der Waals surface area contributed by atoms with E-state index in [0.717, 1.165) is 0 Å². The average Bonchev–Trinajstić information content (AvgIpc) is 2.54. The molecule has 0 aliphatic carbocycles. The van der Waals surface area contributed by atoms with Crippen LogP contribution in [0.4, 0.5) is 0 Å². The third kappa shape index (κ3) is 3.00. The van der Waals surface area contributed by atoms with Gasteiger partial charge in [-0.2, -0.15) is 10.6 Å². The number of carbonyl (C=O) groups excluding carboxylic acids is 1. The summed E-state index contributed by atoms with van der Waals surface area (Å²) in [5, 5.41) is 2.89. The van der Waals surface area contributed by atoms with E-state index in [1.54, 1.807) is 24.3 Å². The van der Waals surface area contributed by atoms with Gasteiger partial charge in [0.1, 0.15) is 0 Å². The molecular weight excluding hydrogens is 238 g/mol. The molecule has 1 aliphatic heterocycles. The van der Waals surface area contributed by atoms with Gasteiger partial charge in [-0.05, 0) is 25.5 Å². The Morgan fingerprint density at radius 3 is 2.53 bits per heavy atom. The van der Waals surface area contributed by atoms with E-state index in [2.05, 4.69) is 5.32 Å². The third-order valence-corrected chi connectivity index (χ3v) is 4.94. The van der Waals surface area contributed by atoms with Crippen LogP contribution in [-0.4, -0.2) is 32.1 Å². The van der Waals surface area contributed by atoms with Crippen molar-refractivity contribution in [2.24, 2.45) is 0 Å². The Hall–Kier alpha value is -1.04. The minimum absolute atomic E-state index is 0.162. The van der Waals surface area contributed by atoms with Gasteiger partial charge in [-0.15, -0.1) is 0 Å². The second-order valence-electron chi connectivity index (χ2n) is 4.78. The molecule has 1 aromatic rings. The highest BCUT2D eigenvalue weighted by Gasteiger charge is 2.39. The summed E-state index contributed by atoms with van der Waals surface area (Å²) in [6.45, 7) is 1.86. The predicted octanol–water partition coefficient (Wildman–Crippen LogP) is 2.33. The highest BCUT2D eigenvalue weighted by molar-refractivity contribution is 8.24. The van der Waals surface area contributed by atoms with Crippen LogP contribution in [0.1, 0.15) is 23.7 Å². The lowest BCUT2D eigenvalue weighted by atomic mass is 10.0. The number of hydrogen-bond acceptors (Lipinski definition) is 3.